The minimum Gasteiger partial charge on any atom is -0.481 e. The van der Waals surface area contributed by atoms with Crippen LogP contribution in [0.5, 0.6) is 0 Å². The fourth-order valence-electron chi connectivity index (χ4n) is 4.14. The van der Waals surface area contributed by atoms with Gasteiger partial charge in [0.2, 0.25) is 0 Å². The van der Waals surface area contributed by atoms with Gasteiger partial charge < -0.3 is 5.11 Å². The van der Waals surface area contributed by atoms with Gasteiger partial charge in [-0.1, -0.05) is 49.2 Å². The van der Waals surface area contributed by atoms with E-state index in [0.717, 1.165) is 47.9 Å². The molecule has 1 N–H and O–H groups in total. The average molecular weight is 380 g/mol. The number of hydrogen-bond donors (Lipinski definition) is 1. The average Bonchev–Trinajstić information content (AvgIpc) is 3.30. The van der Waals surface area contributed by atoms with Gasteiger partial charge >= 0.3 is 5.97 Å². The zero-order valence-corrected chi connectivity index (χ0v) is 16.3. The molecule has 0 spiro atoms. The molecule has 0 bridgehead atoms. The van der Waals surface area contributed by atoms with Crippen molar-refractivity contribution in [1.82, 2.24) is 9.78 Å². The first kappa shape index (κ1) is 18.7. The topological polar surface area (TPSA) is 55.1 Å². The number of benzene rings is 2. The van der Waals surface area contributed by atoms with Gasteiger partial charge in [0.15, 0.2) is 0 Å². The van der Waals surface area contributed by atoms with Crippen LogP contribution in [0, 0.1) is 11.2 Å². The van der Waals surface area contributed by atoms with Crippen molar-refractivity contribution >= 4 is 16.9 Å². The number of aliphatic carboxylic acids is 1. The van der Waals surface area contributed by atoms with Crippen LogP contribution in [0.2, 0.25) is 0 Å². The number of carbonyl (C=O) groups is 1. The normalized spacial score (nSPS) is 15.4. The van der Waals surface area contributed by atoms with Crippen LogP contribution in [0.25, 0.3) is 22.2 Å². The van der Waals surface area contributed by atoms with E-state index in [1.54, 1.807) is 19.9 Å². The Hall–Kier alpha value is -2.69. The summed E-state index contributed by atoms with van der Waals surface area (Å²) >= 11 is 0. The molecule has 1 heterocycles. The maximum absolute atomic E-state index is 14.6. The Balaban J connectivity index is 1.73. The minimum absolute atomic E-state index is 0.233. The molecule has 1 aromatic heterocycles. The Morgan fingerprint density at radius 1 is 1.18 bits per heavy atom. The van der Waals surface area contributed by atoms with Gasteiger partial charge in [-0.2, -0.15) is 5.10 Å². The molecule has 28 heavy (non-hydrogen) atoms. The lowest BCUT2D eigenvalue weighted by atomic mass is 9.85. The molecule has 4 nitrogen and oxygen atoms in total. The maximum Gasteiger partial charge on any atom is 0.309 e. The van der Waals surface area contributed by atoms with Gasteiger partial charge in [0.25, 0.3) is 0 Å². The standard InChI is InChI=1S/C23H25FN2O2/c1-23(2,22(27)28)14-15-10-12-16(13-11-15)20-18-8-5-9-19(24)21(18)26(25-20)17-6-3-4-7-17/h5,8-13,17H,3-4,6-7,14H2,1-2H3,(H,27,28). The smallest absolute Gasteiger partial charge is 0.309 e. The summed E-state index contributed by atoms with van der Waals surface area (Å²) in [6, 6.07) is 13.2. The maximum atomic E-state index is 14.6. The van der Waals surface area contributed by atoms with Crippen molar-refractivity contribution < 1.29 is 14.3 Å². The lowest BCUT2D eigenvalue weighted by Crippen LogP contribution is -2.26. The number of nitrogens with zero attached hydrogens (tertiary/aromatic N) is 2. The summed E-state index contributed by atoms with van der Waals surface area (Å²) in [6.07, 6.45) is 4.84. The van der Waals surface area contributed by atoms with Crippen LogP contribution in [0.4, 0.5) is 4.39 Å². The number of rotatable bonds is 5. The van der Waals surface area contributed by atoms with E-state index in [1.807, 2.05) is 35.0 Å². The molecule has 0 unspecified atom stereocenters. The van der Waals surface area contributed by atoms with Crippen LogP contribution in [0.1, 0.15) is 51.1 Å². The van der Waals surface area contributed by atoms with E-state index < -0.39 is 11.4 Å². The van der Waals surface area contributed by atoms with E-state index in [1.165, 1.54) is 6.07 Å². The summed E-state index contributed by atoms with van der Waals surface area (Å²) in [5.41, 5.74) is 2.43. The molecule has 1 aliphatic carbocycles. The first-order chi connectivity index (χ1) is 13.4. The van der Waals surface area contributed by atoms with Crippen molar-refractivity contribution in [3.8, 4) is 11.3 Å². The molecule has 0 saturated heterocycles. The third-order valence-corrected chi connectivity index (χ3v) is 5.80. The first-order valence-electron chi connectivity index (χ1n) is 9.86. The monoisotopic (exact) mass is 380 g/mol. The Morgan fingerprint density at radius 3 is 2.50 bits per heavy atom. The summed E-state index contributed by atoms with van der Waals surface area (Å²) < 4.78 is 16.5. The van der Waals surface area contributed by atoms with Gasteiger partial charge in [0.1, 0.15) is 17.0 Å². The number of fused-ring (bicyclic) bond motifs is 1. The molecule has 0 amide bonds. The molecule has 1 saturated carbocycles. The van der Waals surface area contributed by atoms with Gasteiger partial charge in [-0.3, -0.25) is 9.48 Å². The van der Waals surface area contributed by atoms with Crippen molar-refractivity contribution in [3.63, 3.8) is 0 Å². The molecule has 146 valence electrons. The third kappa shape index (κ3) is 3.30. The van der Waals surface area contributed by atoms with Gasteiger partial charge in [0.05, 0.1) is 11.5 Å². The van der Waals surface area contributed by atoms with Gasteiger partial charge in [-0.05, 0) is 44.7 Å². The molecule has 1 aliphatic rings. The molecular formula is C23H25FN2O2. The SMILES string of the molecule is CC(C)(Cc1ccc(-c2nn(C3CCCC3)c3c(F)cccc23)cc1)C(=O)O. The summed E-state index contributed by atoms with van der Waals surface area (Å²) in [5, 5.41) is 15.0. The predicted molar refractivity (Wildman–Crippen MR) is 108 cm³/mol. The quantitative estimate of drug-likeness (QED) is 0.626. The molecular weight excluding hydrogens is 355 g/mol. The highest BCUT2D eigenvalue weighted by Gasteiger charge is 2.27. The van der Waals surface area contributed by atoms with Gasteiger partial charge in [0, 0.05) is 10.9 Å². The van der Waals surface area contributed by atoms with Crippen LogP contribution in [-0.4, -0.2) is 20.9 Å². The van der Waals surface area contributed by atoms with E-state index in [0.29, 0.717) is 11.9 Å². The van der Waals surface area contributed by atoms with E-state index >= 15 is 0 Å². The molecule has 2 aromatic carbocycles. The van der Waals surface area contributed by atoms with Gasteiger partial charge in [-0.25, -0.2) is 4.39 Å². The van der Waals surface area contributed by atoms with Crippen LogP contribution in [0.15, 0.2) is 42.5 Å². The molecule has 1 fully saturated rings. The number of carboxylic acid groups (broad SMARTS) is 1. The van der Waals surface area contributed by atoms with Crippen LogP contribution < -0.4 is 0 Å². The number of carboxylic acids is 1. The van der Waals surface area contributed by atoms with Crippen LogP contribution >= 0.6 is 0 Å². The van der Waals surface area contributed by atoms with Crippen molar-refractivity contribution in [2.45, 2.75) is 52.0 Å². The molecule has 3 aromatic rings. The number of hydrogen-bond acceptors (Lipinski definition) is 2. The van der Waals surface area contributed by atoms with Crippen LogP contribution in [0.3, 0.4) is 0 Å². The molecule has 5 heteroatoms. The zero-order valence-electron chi connectivity index (χ0n) is 16.3. The lowest BCUT2D eigenvalue weighted by molar-refractivity contribution is -0.146. The van der Waals surface area contributed by atoms with Gasteiger partial charge in [-0.15, -0.1) is 0 Å². The second kappa shape index (κ2) is 7.04. The lowest BCUT2D eigenvalue weighted by Gasteiger charge is -2.19. The summed E-state index contributed by atoms with van der Waals surface area (Å²) in [4.78, 5) is 11.4. The largest absolute Gasteiger partial charge is 0.481 e. The van der Waals surface area contributed by atoms with E-state index in [4.69, 9.17) is 5.10 Å². The van der Waals surface area contributed by atoms with Crippen molar-refractivity contribution in [1.29, 1.82) is 0 Å². The Labute approximate surface area is 164 Å². The summed E-state index contributed by atoms with van der Waals surface area (Å²) in [5.74, 6) is -1.05. The van der Waals surface area contributed by atoms with Crippen molar-refractivity contribution in [2.24, 2.45) is 5.41 Å². The first-order valence-corrected chi connectivity index (χ1v) is 9.86. The Morgan fingerprint density at radius 2 is 1.86 bits per heavy atom. The fourth-order valence-corrected chi connectivity index (χ4v) is 4.14. The Kier molecular flexibility index (Phi) is 4.69. The second-order valence-electron chi connectivity index (χ2n) is 8.43. The highest BCUT2D eigenvalue weighted by molar-refractivity contribution is 5.93. The number of halogens is 1. The number of aromatic nitrogens is 2. The van der Waals surface area contributed by atoms with E-state index in [-0.39, 0.29) is 11.9 Å². The molecule has 0 aliphatic heterocycles. The zero-order chi connectivity index (χ0) is 19.9. The Bertz CT molecular complexity index is 1020. The molecule has 0 radical (unpaired) electrons. The molecule has 4 rings (SSSR count). The van der Waals surface area contributed by atoms with Crippen molar-refractivity contribution in [3.05, 3.63) is 53.8 Å². The van der Waals surface area contributed by atoms with Crippen molar-refractivity contribution in [2.75, 3.05) is 0 Å². The summed E-state index contributed by atoms with van der Waals surface area (Å²) in [6.45, 7) is 3.45. The minimum atomic E-state index is -0.818. The second-order valence-corrected chi connectivity index (χ2v) is 8.43. The molecule has 0 atom stereocenters. The highest BCUT2D eigenvalue weighted by atomic mass is 19.1. The highest BCUT2D eigenvalue weighted by Crippen LogP contribution is 2.37. The van der Waals surface area contributed by atoms with Crippen LogP contribution in [-0.2, 0) is 11.2 Å². The predicted octanol–water partition coefficient (Wildman–Crippen LogP) is 5.61. The fraction of sp³-hybridized carbons (Fsp3) is 0.391. The third-order valence-electron chi connectivity index (χ3n) is 5.80. The van der Waals surface area contributed by atoms with E-state index in [2.05, 4.69) is 0 Å². The van der Waals surface area contributed by atoms with E-state index in [9.17, 15) is 14.3 Å². The summed E-state index contributed by atoms with van der Waals surface area (Å²) in [7, 11) is 0. The number of para-hydroxylation sites is 1.